The normalized spacial score (nSPS) is 17.8. The number of hydrogen-bond donors (Lipinski definition) is 1. The number of aliphatic imine (C=N–C) groups is 1. The Hall–Kier alpha value is -1.11. The molecule has 7 nitrogen and oxygen atoms in total. The van der Waals surface area contributed by atoms with Crippen molar-refractivity contribution in [1.82, 2.24) is 25.3 Å². The molecule has 1 aliphatic heterocycles. The lowest BCUT2D eigenvalue weighted by Gasteiger charge is -2.39. The van der Waals surface area contributed by atoms with E-state index >= 15 is 0 Å². The first-order valence-electron chi connectivity index (χ1n) is 8.44. The van der Waals surface area contributed by atoms with Gasteiger partial charge in [-0.2, -0.15) is 18.2 Å². The van der Waals surface area contributed by atoms with Crippen LogP contribution in [0.2, 0.25) is 0 Å². The Kier molecular flexibility index (Phi) is 9.07. The van der Waals surface area contributed by atoms with Crippen LogP contribution in [0.1, 0.15) is 25.6 Å². The maximum Gasteiger partial charge on any atom is 0.403 e. The van der Waals surface area contributed by atoms with Crippen LogP contribution >= 0.6 is 24.0 Å². The second-order valence-electron chi connectivity index (χ2n) is 5.96. The first-order chi connectivity index (χ1) is 11.8. The van der Waals surface area contributed by atoms with Gasteiger partial charge in [0.05, 0.1) is 6.54 Å². The molecule has 1 aliphatic rings. The molecule has 0 amide bonds. The van der Waals surface area contributed by atoms with Gasteiger partial charge in [0.1, 0.15) is 6.04 Å². The minimum Gasteiger partial charge on any atom is -0.357 e. The zero-order chi connectivity index (χ0) is 18.4. The monoisotopic (exact) mass is 490 g/mol. The quantitative estimate of drug-likeness (QED) is 0.388. The van der Waals surface area contributed by atoms with Gasteiger partial charge in [-0.15, -0.1) is 24.0 Å². The average molecular weight is 490 g/mol. The molecule has 1 atom stereocenters. The number of rotatable bonds is 5. The highest BCUT2D eigenvalue weighted by molar-refractivity contribution is 14.0. The fourth-order valence-electron chi connectivity index (χ4n) is 2.65. The van der Waals surface area contributed by atoms with Gasteiger partial charge in [-0.25, -0.2) is 0 Å². The Morgan fingerprint density at radius 1 is 1.31 bits per heavy atom. The summed E-state index contributed by atoms with van der Waals surface area (Å²) in [6.07, 6.45) is -3.66. The summed E-state index contributed by atoms with van der Waals surface area (Å²) in [6.45, 7) is 7.81. The molecule has 1 unspecified atom stereocenters. The second kappa shape index (κ2) is 10.3. The maximum absolute atomic E-state index is 12.8. The van der Waals surface area contributed by atoms with Crippen LogP contribution in [0.15, 0.2) is 9.52 Å². The molecule has 2 rings (SSSR count). The Labute approximate surface area is 168 Å². The van der Waals surface area contributed by atoms with Crippen molar-refractivity contribution < 1.29 is 17.7 Å². The first-order valence-corrected chi connectivity index (χ1v) is 8.44. The largest absolute Gasteiger partial charge is 0.403 e. The molecule has 0 spiro atoms. The summed E-state index contributed by atoms with van der Waals surface area (Å²) in [6, 6.07) is -1.42. The molecule has 1 aromatic heterocycles. The summed E-state index contributed by atoms with van der Waals surface area (Å²) in [7, 11) is 0. The lowest BCUT2D eigenvalue weighted by Crippen LogP contribution is -2.56. The molecule has 0 aliphatic carbocycles. The van der Waals surface area contributed by atoms with E-state index in [9.17, 15) is 13.2 Å². The number of nitrogens with zero attached hydrogens (tertiary/aromatic N) is 5. The minimum atomic E-state index is -4.19. The van der Waals surface area contributed by atoms with Crippen molar-refractivity contribution in [3.8, 4) is 0 Å². The summed E-state index contributed by atoms with van der Waals surface area (Å²) < 4.78 is 43.5. The molecule has 1 N–H and O–H groups in total. The molecule has 1 aromatic rings. The van der Waals surface area contributed by atoms with Crippen molar-refractivity contribution >= 4 is 29.9 Å². The molecule has 26 heavy (non-hydrogen) atoms. The summed E-state index contributed by atoms with van der Waals surface area (Å²) in [5, 5.41) is 6.91. The van der Waals surface area contributed by atoms with Gasteiger partial charge in [-0.05, 0) is 20.8 Å². The molecule has 150 valence electrons. The Balaban J connectivity index is 0.00000338. The highest BCUT2D eigenvalue weighted by Crippen LogP contribution is 2.25. The van der Waals surface area contributed by atoms with Gasteiger partial charge >= 0.3 is 6.18 Å². The van der Waals surface area contributed by atoms with E-state index < -0.39 is 12.2 Å². The van der Waals surface area contributed by atoms with Crippen LogP contribution < -0.4 is 5.32 Å². The summed E-state index contributed by atoms with van der Waals surface area (Å²) in [5.74, 6) is 1.82. The van der Waals surface area contributed by atoms with Gasteiger partial charge < -0.3 is 14.7 Å². The predicted molar refractivity (Wildman–Crippen MR) is 103 cm³/mol. The third kappa shape index (κ3) is 6.56. The number of guanidine groups is 1. The average Bonchev–Trinajstić information content (AvgIpc) is 2.98. The van der Waals surface area contributed by atoms with Crippen LogP contribution in [-0.4, -0.2) is 77.4 Å². The highest BCUT2D eigenvalue weighted by atomic mass is 127. The number of nitrogens with one attached hydrogen (secondary N) is 1. The van der Waals surface area contributed by atoms with Gasteiger partial charge in [0.2, 0.25) is 5.89 Å². The van der Waals surface area contributed by atoms with Crippen LogP contribution in [0.25, 0.3) is 0 Å². The van der Waals surface area contributed by atoms with E-state index in [1.807, 2.05) is 11.8 Å². The van der Waals surface area contributed by atoms with E-state index in [1.54, 1.807) is 6.92 Å². The molecular formula is C15H26F3IN6O. The molecule has 0 aromatic carbocycles. The second-order valence-corrected chi connectivity index (χ2v) is 5.96. The predicted octanol–water partition coefficient (Wildman–Crippen LogP) is 2.07. The number of aryl methyl sites for hydroxylation is 1. The molecule has 2 heterocycles. The third-order valence-corrected chi connectivity index (χ3v) is 4.13. The fraction of sp³-hybridized carbons (Fsp3) is 0.800. The number of alkyl halides is 3. The van der Waals surface area contributed by atoms with Gasteiger partial charge in [-0.1, -0.05) is 5.16 Å². The van der Waals surface area contributed by atoms with Crippen molar-refractivity contribution in [2.24, 2.45) is 4.99 Å². The number of piperazine rings is 1. The van der Waals surface area contributed by atoms with E-state index in [0.29, 0.717) is 63.4 Å². The minimum absolute atomic E-state index is 0. The number of hydrogen-bond acceptors (Lipinski definition) is 5. The molecular weight excluding hydrogens is 464 g/mol. The molecule has 0 bridgehead atoms. The Morgan fingerprint density at radius 2 is 1.96 bits per heavy atom. The highest BCUT2D eigenvalue weighted by Gasteiger charge is 2.41. The lowest BCUT2D eigenvalue weighted by molar-refractivity contribution is -0.181. The SMILES string of the molecule is CCNC(=NCCc1nc(C)no1)N1CCN(C(C)C(F)(F)F)CC1.I. The van der Waals surface area contributed by atoms with E-state index in [-0.39, 0.29) is 24.0 Å². The van der Waals surface area contributed by atoms with Crippen molar-refractivity contribution in [3.63, 3.8) is 0 Å². The van der Waals surface area contributed by atoms with Gasteiger partial charge in [0, 0.05) is 39.1 Å². The van der Waals surface area contributed by atoms with Crippen molar-refractivity contribution in [3.05, 3.63) is 11.7 Å². The topological polar surface area (TPSA) is 69.8 Å². The van der Waals surface area contributed by atoms with Crippen molar-refractivity contribution in [2.45, 2.75) is 39.4 Å². The van der Waals surface area contributed by atoms with Crippen LogP contribution in [0.5, 0.6) is 0 Å². The number of halogens is 4. The maximum atomic E-state index is 12.8. The fourth-order valence-corrected chi connectivity index (χ4v) is 2.65. The smallest absolute Gasteiger partial charge is 0.357 e. The lowest BCUT2D eigenvalue weighted by atomic mass is 10.2. The van der Waals surface area contributed by atoms with E-state index in [0.717, 1.165) is 0 Å². The van der Waals surface area contributed by atoms with E-state index in [2.05, 4.69) is 20.4 Å². The van der Waals surface area contributed by atoms with Crippen molar-refractivity contribution in [1.29, 1.82) is 0 Å². The van der Waals surface area contributed by atoms with Crippen LogP contribution in [0, 0.1) is 6.92 Å². The summed E-state index contributed by atoms with van der Waals surface area (Å²) in [5.41, 5.74) is 0. The van der Waals surface area contributed by atoms with Gasteiger partial charge in [0.25, 0.3) is 0 Å². The number of aromatic nitrogens is 2. The van der Waals surface area contributed by atoms with Gasteiger partial charge in [0.15, 0.2) is 11.8 Å². The zero-order valence-corrected chi connectivity index (χ0v) is 17.5. The van der Waals surface area contributed by atoms with Gasteiger partial charge in [-0.3, -0.25) is 9.89 Å². The third-order valence-electron chi connectivity index (χ3n) is 4.13. The molecule has 0 radical (unpaired) electrons. The zero-order valence-electron chi connectivity index (χ0n) is 15.2. The van der Waals surface area contributed by atoms with Crippen LogP contribution in [0.4, 0.5) is 13.2 Å². The molecule has 1 saturated heterocycles. The van der Waals surface area contributed by atoms with E-state index in [1.165, 1.54) is 11.8 Å². The van der Waals surface area contributed by atoms with Crippen LogP contribution in [-0.2, 0) is 6.42 Å². The standard InChI is InChI=1S/C15H25F3N6O.HI/c1-4-19-14(20-6-5-13-21-12(3)22-25-13)24-9-7-23(8-10-24)11(2)15(16,17)18;/h11H,4-10H2,1-3H3,(H,19,20);1H. The summed E-state index contributed by atoms with van der Waals surface area (Å²) >= 11 is 0. The molecule has 1 fully saturated rings. The summed E-state index contributed by atoms with van der Waals surface area (Å²) in [4.78, 5) is 12.1. The Morgan fingerprint density at radius 3 is 2.46 bits per heavy atom. The molecule has 0 saturated carbocycles. The van der Waals surface area contributed by atoms with Crippen LogP contribution in [0.3, 0.4) is 0 Å². The molecule has 11 heteroatoms. The van der Waals surface area contributed by atoms with Crippen molar-refractivity contribution in [2.75, 3.05) is 39.3 Å². The van der Waals surface area contributed by atoms with E-state index in [4.69, 9.17) is 4.52 Å². The Bertz CT molecular complexity index is 572. The first kappa shape index (κ1) is 22.9.